The van der Waals surface area contributed by atoms with Gasteiger partial charge in [-0.05, 0) is 0 Å². The van der Waals surface area contributed by atoms with Crippen LogP contribution in [0.3, 0.4) is 0 Å². The summed E-state index contributed by atoms with van der Waals surface area (Å²) in [6, 6.07) is 5.10. The second-order valence-electron chi connectivity index (χ2n) is 3.44. The van der Waals surface area contributed by atoms with Crippen molar-refractivity contribution in [1.29, 1.82) is 15.8 Å². The highest BCUT2D eigenvalue weighted by Gasteiger charge is 2.45. The predicted molar refractivity (Wildman–Crippen MR) is 57.6 cm³/mol. The third-order valence-corrected chi connectivity index (χ3v) is 2.31. The van der Waals surface area contributed by atoms with Crippen LogP contribution in [0.2, 0.25) is 0 Å². The molecule has 0 saturated carbocycles. The highest BCUT2D eigenvalue weighted by Crippen LogP contribution is 2.39. The number of allylic oxidation sites excluding steroid dienone is 1. The molecule has 1 rings (SSSR count). The summed E-state index contributed by atoms with van der Waals surface area (Å²) >= 11 is 0. The molecule has 0 radical (unpaired) electrons. The van der Waals surface area contributed by atoms with Gasteiger partial charge in [0.1, 0.15) is 29.4 Å². The van der Waals surface area contributed by atoms with Crippen LogP contribution in [0.5, 0.6) is 0 Å². The Hall–Kier alpha value is -2.53. The standard InChI is InChI=1S/C11H10N4O3/c1-11(17-3-2-16)9(7(4-12)5-13)8(6-14)10(15)18-11/h16H,2-3,15H2,1H3/t11-/m1/s1. The van der Waals surface area contributed by atoms with E-state index in [1.165, 1.54) is 6.92 Å². The third-order valence-electron chi connectivity index (χ3n) is 2.31. The van der Waals surface area contributed by atoms with Crippen LogP contribution in [0, 0.1) is 34.0 Å². The summed E-state index contributed by atoms with van der Waals surface area (Å²) < 4.78 is 10.4. The Morgan fingerprint density at radius 2 is 2.06 bits per heavy atom. The molecule has 0 unspecified atom stereocenters. The summed E-state index contributed by atoms with van der Waals surface area (Å²) in [5.41, 5.74) is 5.09. The van der Waals surface area contributed by atoms with Crippen LogP contribution in [-0.4, -0.2) is 24.1 Å². The zero-order valence-electron chi connectivity index (χ0n) is 9.60. The lowest BCUT2D eigenvalue weighted by Crippen LogP contribution is -2.33. The zero-order chi connectivity index (χ0) is 13.8. The van der Waals surface area contributed by atoms with Crippen LogP contribution >= 0.6 is 0 Å². The SMILES string of the molecule is C[C@@]1(OCCO)OC(N)=C(C#N)C1=C(C#N)C#N. The number of nitrogens with two attached hydrogens (primary N) is 1. The first-order chi connectivity index (χ1) is 8.53. The minimum atomic E-state index is -1.52. The lowest BCUT2D eigenvalue weighted by atomic mass is 9.97. The molecule has 0 saturated heterocycles. The molecule has 3 N–H and O–H groups in total. The number of aliphatic hydroxyl groups is 1. The van der Waals surface area contributed by atoms with Gasteiger partial charge in [0.15, 0.2) is 0 Å². The van der Waals surface area contributed by atoms with E-state index in [4.69, 9.17) is 36.1 Å². The lowest BCUT2D eigenvalue weighted by molar-refractivity contribution is -0.170. The van der Waals surface area contributed by atoms with Gasteiger partial charge in [-0.15, -0.1) is 0 Å². The van der Waals surface area contributed by atoms with Crippen LogP contribution in [-0.2, 0) is 9.47 Å². The van der Waals surface area contributed by atoms with Gasteiger partial charge in [-0.25, -0.2) is 0 Å². The average molecular weight is 246 g/mol. The fourth-order valence-electron chi connectivity index (χ4n) is 1.60. The van der Waals surface area contributed by atoms with Crippen LogP contribution < -0.4 is 5.73 Å². The van der Waals surface area contributed by atoms with E-state index < -0.39 is 5.79 Å². The van der Waals surface area contributed by atoms with Gasteiger partial charge >= 0.3 is 0 Å². The fourth-order valence-corrected chi connectivity index (χ4v) is 1.60. The Labute approximate surface area is 104 Å². The Morgan fingerprint density at radius 1 is 1.44 bits per heavy atom. The van der Waals surface area contributed by atoms with E-state index in [2.05, 4.69) is 0 Å². The van der Waals surface area contributed by atoms with E-state index in [1.807, 2.05) is 0 Å². The van der Waals surface area contributed by atoms with E-state index in [1.54, 1.807) is 18.2 Å². The maximum absolute atomic E-state index is 8.98. The molecule has 7 nitrogen and oxygen atoms in total. The molecule has 0 amide bonds. The van der Waals surface area contributed by atoms with Crippen molar-refractivity contribution in [2.75, 3.05) is 13.2 Å². The number of ether oxygens (including phenoxy) is 2. The van der Waals surface area contributed by atoms with E-state index in [9.17, 15) is 0 Å². The maximum Gasteiger partial charge on any atom is 0.239 e. The summed E-state index contributed by atoms with van der Waals surface area (Å²) in [7, 11) is 0. The Kier molecular flexibility index (Phi) is 3.91. The van der Waals surface area contributed by atoms with E-state index >= 15 is 0 Å². The Bertz CT molecular complexity index is 528. The van der Waals surface area contributed by atoms with Gasteiger partial charge in [0.2, 0.25) is 11.7 Å². The average Bonchev–Trinajstić information content (AvgIpc) is 2.61. The van der Waals surface area contributed by atoms with Crippen molar-refractivity contribution in [3.63, 3.8) is 0 Å². The van der Waals surface area contributed by atoms with Gasteiger partial charge in [0, 0.05) is 6.92 Å². The first-order valence-corrected chi connectivity index (χ1v) is 4.93. The smallest absolute Gasteiger partial charge is 0.239 e. The Balaban J connectivity index is 3.37. The highest BCUT2D eigenvalue weighted by atomic mass is 16.7. The van der Waals surface area contributed by atoms with E-state index in [0.29, 0.717) is 0 Å². The molecule has 0 fully saturated rings. The topological polar surface area (TPSA) is 136 Å². The van der Waals surface area contributed by atoms with Gasteiger partial charge < -0.3 is 20.3 Å². The van der Waals surface area contributed by atoms with Gasteiger partial charge in [-0.1, -0.05) is 0 Å². The van der Waals surface area contributed by atoms with Crippen LogP contribution in [0.25, 0.3) is 0 Å². The minimum Gasteiger partial charge on any atom is -0.442 e. The molecular weight excluding hydrogens is 236 g/mol. The summed E-state index contributed by atoms with van der Waals surface area (Å²) in [6.45, 7) is 1.06. The van der Waals surface area contributed by atoms with Crippen molar-refractivity contribution >= 4 is 0 Å². The predicted octanol–water partition coefficient (Wildman–Crippen LogP) is -0.221. The van der Waals surface area contributed by atoms with Gasteiger partial charge in [0.25, 0.3) is 0 Å². The number of hydrogen-bond donors (Lipinski definition) is 2. The summed E-state index contributed by atoms with van der Waals surface area (Å²) in [4.78, 5) is 0. The molecule has 0 aromatic heterocycles. The molecule has 0 spiro atoms. The Morgan fingerprint density at radius 3 is 2.50 bits per heavy atom. The van der Waals surface area contributed by atoms with Crippen molar-refractivity contribution in [2.24, 2.45) is 5.73 Å². The van der Waals surface area contributed by atoms with Crippen LogP contribution in [0.4, 0.5) is 0 Å². The number of nitriles is 3. The molecule has 1 aliphatic heterocycles. The van der Waals surface area contributed by atoms with Gasteiger partial charge in [-0.2, -0.15) is 15.8 Å². The second kappa shape index (κ2) is 5.20. The molecule has 7 heteroatoms. The largest absolute Gasteiger partial charge is 0.442 e. The van der Waals surface area contributed by atoms with Crippen molar-refractivity contribution < 1.29 is 14.6 Å². The lowest BCUT2D eigenvalue weighted by Gasteiger charge is -2.26. The molecule has 1 aliphatic rings. The highest BCUT2D eigenvalue weighted by molar-refractivity contribution is 5.59. The molecule has 0 aromatic carbocycles. The zero-order valence-corrected chi connectivity index (χ0v) is 9.60. The molecular formula is C11H10N4O3. The van der Waals surface area contributed by atoms with Gasteiger partial charge in [0.05, 0.1) is 18.8 Å². The summed E-state index contributed by atoms with van der Waals surface area (Å²) in [5, 5.41) is 35.5. The van der Waals surface area contributed by atoms with Crippen LogP contribution in [0.1, 0.15) is 6.92 Å². The number of hydrogen-bond acceptors (Lipinski definition) is 7. The minimum absolute atomic E-state index is 0.0130. The second-order valence-corrected chi connectivity index (χ2v) is 3.44. The molecule has 1 heterocycles. The maximum atomic E-state index is 8.98. The quantitative estimate of drug-likeness (QED) is 0.656. The summed E-state index contributed by atoms with van der Waals surface area (Å²) in [5.74, 6) is -1.73. The normalized spacial score (nSPS) is 21.8. The van der Waals surface area contributed by atoms with E-state index in [-0.39, 0.29) is 35.8 Å². The summed E-state index contributed by atoms with van der Waals surface area (Å²) in [6.07, 6.45) is 0. The first kappa shape index (κ1) is 13.5. The third kappa shape index (κ3) is 2.11. The van der Waals surface area contributed by atoms with Gasteiger partial charge in [-0.3, -0.25) is 0 Å². The van der Waals surface area contributed by atoms with Crippen molar-refractivity contribution in [2.45, 2.75) is 12.7 Å². The van der Waals surface area contributed by atoms with Crippen molar-refractivity contribution in [3.05, 3.63) is 22.6 Å². The van der Waals surface area contributed by atoms with Crippen molar-refractivity contribution in [1.82, 2.24) is 0 Å². The molecule has 0 aromatic rings. The monoisotopic (exact) mass is 246 g/mol. The van der Waals surface area contributed by atoms with Crippen molar-refractivity contribution in [3.8, 4) is 18.2 Å². The molecule has 1 atom stereocenters. The number of rotatable bonds is 3. The number of nitrogens with zero attached hydrogens (tertiary/aromatic N) is 3. The molecule has 0 aliphatic carbocycles. The molecule has 92 valence electrons. The van der Waals surface area contributed by atoms with Crippen LogP contribution in [0.15, 0.2) is 22.6 Å². The number of aliphatic hydroxyl groups excluding tert-OH is 1. The molecule has 0 bridgehead atoms. The van der Waals surface area contributed by atoms with E-state index in [0.717, 1.165) is 0 Å². The fraction of sp³-hybridized carbons (Fsp3) is 0.364. The molecule has 18 heavy (non-hydrogen) atoms. The first-order valence-electron chi connectivity index (χ1n) is 4.93.